The lowest BCUT2D eigenvalue weighted by molar-refractivity contribution is 0.0192. The third kappa shape index (κ3) is 3.74. The number of carbonyl (C=O) groups excluding carboxylic acids is 1. The number of hydrogen-bond donors (Lipinski definition) is 3. The summed E-state index contributed by atoms with van der Waals surface area (Å²) in [6.45, 7) is 1.07. The second-order valence-electron chi connectivity index (χ2n) is 9.50. The zero-order valence-electron chi connectivity index (χ0n) is 19.1. The quantitative estimate of drug-likeness (QED) is 0.420. The van der Waals surface area contributed by atoms with Crippen LogP contribution in [0.1, 0.15) is 46.3 Å². The Balaban J connectivity index is 1.21. The Morgan fingerprint density at radius 2 is 1.88 bits per heavy atom. The molecular formula is C28H28N4O2. The first-order valence-electron chi connectivity index (χ1n) is 12.0. The summed E-state index contributed by atoms with van der Waals surface area (Å²) in [6, 6.07) is 15.9. The van der Waals surface area contributed by atoms with Crippen LogP contribution in [0.5, 0.6) is 0 Å². The summed E-state index contributed by atoms with van der Waals surface area (Å²) in [5.41, 5.74) is 6.59. The molecule has 3 heterocycles. The molecule has 34 heavy (non-hydrogen) atoms. The normalized spacial score (nSPS) is 17.5. The molecule has 0 spiro atoms. The predicted octanol–water partition coefficient (Wildman–Crippen LogP) is 4.73. The third-order valence-corrected chi connectivity index (χ3v) is 7.30. The molecule has 6 heteroatoms. The minimum Gasteiger partial charge on any atom is -0.386 e. The van der Waals surface area contributed by atoms with Crippen molar-refractivity contribution in [1.29, 1.82) is 0 Å². The fourth-order valence-corrected chi connectivity index (χ4v) is 5.29. The van der Waals surface area contributed by atoms with Crippen molar-refractivity contribution in [2.75, 3.05) is 13.1 Å². The number of likely N-dealkylation sites (tertiary alicyclic amines) is 1. The van der Waals surface area contributed by atoms with Gasteiger partial charge in [0.2, 0.25) is 0 Å². The van der Waals surface area contributed by atoms with Crippen LogP contribution in [-0.2, 0) is 12.8 Å². The van der Waals surface area contributed by atoms with Gasteiger partial charge in [-0.3, -0.25) is 9.89 Å². The molecule has 0 radical (unpaired) electrons. The highest BCUT2D eigenvalue weighted by atomic mass is 16.3. The van der Waals surface area contributed by atoms with Crippen LogP contribution >= 0.6 is 0 Å². The van der Waals surface area contributed by atoms with E-state index in [9.17, 15) is 9.90 Å². The van der Waals surface area contributed by atoms with Crippen molar-refractivity contribution < 1.29 is 9.90 Å². The Morgan fingerprint density at radius 3 is 2.71 bits per heavy atom. The van der Waals surface area contributed by atoms with Crippen LogP contribution < -0.4 is 0 Å². The number of aromatic nitrogens is 3. The van der Waals surface area contributed by atoms with Gasteiger partial charge in [0.25, 0.3) is 5.91 Å². The van der Waals surface area contributed by atoms with Gasteiger partial charge in [-0.25, -0.2) is 0 Å². The minimum absolute atomic E-state index is 0.0294. The molecule has 0 atom stereocenters. The molecule has 2 aromatic carbocycles. The van der Waals surface area contributed by atoms with Crippen LogP contribution in [-0.4, -0.2) is 49.8 Å². The van der Waals surface area contributed by atoms with Crippen LogP contribution in [0, 0.1) is 0 Å². The Labute approximate surface area is 198 Å². The number of amides is 1. The predicted molar refractivity (Wildman–Crippen MR) is 133 cm³/mol. The van der Waals surface area contributed by atoms with E-state index in [1.54, 1.807) is 0 Å². The largest absolute Gasteiger partial charge is 0.386 e. The molecule has 4 aromatic rings. The minimum atomic E-state index is -0.879. The Kier molecular flexibility index (Phi) is 5.11. The molecule has 2 aliphatic rings. The van der Waals surface area contributed by atoms with Crippen molar-refractivity contribution >= 4 is 22.9 Å². The lowest BCUT2D eigenvalue weighted by Crippen LogP contribution is -2.45. The Hall–Kier alpha value is -3.64. The Morgan fingerprint density at radius 1 is 1.06 bits per heavy atom. The van der Waals surface area contributed by atoms with Gasteiger partial charge in [-0.15, -0.1) is 0 Å². The average Bonchev–Trinajstić information content (AvgIpc) is 3.44. The summed E-state index contributed by atoms with van der Waals surface area (Å²) in [4.78, 5) is 18.8. The molecule has 1 aliphatic heterocycles. The molecular weight excluding hydrogens is 424 g/mol. The highest BCUT2D eigenvalue weighted by Gasteiger charge is 2.32. The number of aliphatic hydroxyl groups is 1. The first-order chi connectivity index (χ1) is 16.6. The molecule has 0 bridgehead atoms. The summed E-state index contributed by atoms with van der Waals surface area (Å²) >= 11 is 0. The number of piperidine rings is 1. The van der Waals surface area contributed by atoms with Crippen molar-refractivity contribution in [3.05, 3.63) is 83.1 Å². The molecule has 6 rings (SSSR count). The lowest BCUT2D eigenvalue weighted by Gasteiger charge is -2.36. The fourth-order valence-electron chi connectivity index (χ4n) is 5.29. The van der Waals surface area contributed by atoms with Gasteiger partial charge in [0.15, 0.2) is 0 Å². The molecule has 0 unspecified atom stereocenters. The summed E-state index contributed by atoms with van der Waals surface area (Å²) in [5, 5.41) is 19.5. The van der Waals surface area contributed by atoms with Crippen LogP contribution in [0.3, 0.4) is 0 Å². The van der Waals surface area contributed by atoms with E-state index in [1.807, 2.05) is 71.8 Å². The number of carbonyl (C=O) groups is 1. The highest BCUT2D eigenvalue weighted by Crippen LogP contribution is 2.36. The van der Waals surface area contributed by atoms with Crippen molar-refractivity contribution in [3.63, 3.8) is 0 Å². The average molecular weight is 453 g/mol. The van der Waals surface area contributed by atoms with Crippen molar-refractivity contribution in [2.24, 2.45) is 0 Å². The van der Waals surface area contributed by atoms with E-state index in [1.165, 1.54) is 11.1 Å². The van der Waals surface area contributed by atoms with Crippen LogP contribution in [0.4, 0.5) is 0 Å². The number of aryl methyl sites for hydroxylation is 2. The topological polar surface area (TPSA) is 85.0 Å². The molecule has 1 amide bonds. The van der Waals surface area contributed by atoms with Crippen molar-refractivity contribution in [2.45, 2.75) is 37.7 Å². The monoisotopic (exact) mass is 452 g/mol. The molecule has 6 nitrogen and oxygen atoms in total. The van der Waals surface area contributed by atoms with E-state index in [0.29, 0.717) is 31.5 Å². The summed E-state index contributed by atoms with van der Waals surface area (Å²) in [6.07, 6.45) is 9.87. The standard InChI is InChI=1S/C28H28N4O2/c33-27(32-15-13-28(34,14-16-32)12-11-19-5-2-1-3-6-19)20-9-10-24-23(17-20)22-8-4-7-21-18-29-31-25(21)26(22)30-24/h1-3,5-6,9-12,17-18,30,34H,4,7-8,13-16H2,(H,29,31). The lowest BCUT2D eigenvalue weighted by atomic mass is 9.90. The van der Waals surface area contributed by atoms with Gasteiger partial charge in [0.05, 0.1) is 23.2 Å². The molecule has 1 fully saturated rings. The maximum atomic E-state index is 13.3. The first-order valence-corrected chi connectivity index (χ1v) is 12.0. The number of H-pyrrole nitrogens is 2. The van der Waals surface area contributed by atoms with E-state index in [4.69, 9.17) is 0 Å². The smallest absolute Gasteiger partial charge is 0.253 e. The Bertz CT molecular complexity index is 1370. The maximum absolute atomic E-state index is 13.3. The molecule has 3 N–H and O–H groups in total. The van der Waals surface area contributed by atoms with E-state index < -0.39 is 5.60 Å². The van der Waals surface area contributed by atoms with Crippen LogP contribution in [0.15, 0.2) is 60.8 Å². The summed E-state index contributed by atoms with van der Waals surface area (Å²) < 4.78 is 0. The van der Waals surface area contributed by atoms with Gasteiger partial charge < -0.3 is 15.0 Å². The van der Waals surface area contributed by atoms with Gasteiger partial charge in [-0.05, 0) is 67.0 Å². The molecule has 172 valence electrons. The zero-order valence-corrected chi connectivity index (χ0v) is 19.1. The van der Waals surface area contributed by atoms with E-state index in [2.05, 4.69) is 15.2 Å². The van der Waals surface area contributed by atoms with E-state index in [-0.39, 0.29) is 5.91 Å². The number of benzene rings is 2. The van der Waals surface area contributed by atoms with Gasteiger partial charge in [0, 0.05) is 29.6 Å². The zero-order chi connectivity index (χ0) is 23.1. The number of rotatable bonds is 3. The molecule has 1 aliphatic carbocycles. The van der Waals surface area contributed by atoms with Gasteiger partial charge in [0.1, 0.15) is 0 Å². The van der Waals surface area contributed by atoms with Crippen molar-refractivity contribution in [1.82, 2.24) is 20.1 Å². The van der Waals surface area contributed by atoms with Crippen LogP contribution in [0.25, 0.3) is 28.4 Å². The SMILES string of the molecule is O=C(c1ccc2[nH]c3c(c2c1)CCCc1cn[nH]c1-3)N1CCC(O)(C=Cc2ccccc2)CC1. The van der Waals surface area contributed by atoms with E-state index in [0.717, 1.165) is 47.1 Å². The molecule has 0 saturated carbocycles. The number of nitrogens with one attached hydrogen (secondary N) is 2. The number of nitrogens with zero attached hydrogens (tertiary/aromatic N) is 2. The number of fused-ring (bicyclic) bond motifs is 5. The second kappa shape index (κ2) is 8.29. The van der Waals surface area contributed by atoms with Crippen LogP contribution in [0.2, 0.25) is 0 Å². The highest BCUT2D eigenvalue weighted by molar-refractivity contribution is 6.00. The van der Waals surface area contributed by atoms with Crippen molar-refractivity contribution in [3.8, 4) is 11.4 Å². The number of aromatic amines is 2. The first kappa shape index (κ1) is 20.9. The fraction of sp³-hybridized carbons (Fsp3) is 0.286. The van der Waals surface area contributed by atoms with Gasteiger partial charge in [-0.2, -0.15) is 5.10 Å². The molecule has 2 aromatic heterocycles. The molecule has 1 saturated heterocycles. The maximum Gasteiger partial charge on any atom is 0.253 e. The third-order valence-electron chi connectivity index (χ3n) is 7.30. The summed E-state index contributed by atoms with van der Waals surface area (Å²) in [7, 11) is 0. The van der Waals surface area contributed by atoms with E-state index >= 15 is 0 Å². The second-order valence-corrected chi connectivity index (χ2v) is 9.50. The van der Waals surface area contributed by atoms with Gasteiger partial charge >= 0.3 is 0 Å². The number of hydrogen-bond acceptors (Lipinski definition) is 3. The van der Waals surface area contributed by atoms with Gasteiger partial charge in [-0.1, -0.05) is 42.5 Å². The summed E-state index contributed by atoms with van der Waals surface area (Å²) in [5.74, 6) is 0.0294.